The zero-order chi connectivity index (χ0) is 9.42. The lowest BCUT2D eigenvalue weighted by atomic mass is 10.2. The molecule has 0 saturated heterocycles. The highest BCUT2D eigenvalue weighted by Crippen LogP contribution is 2.29. The van der Waals surface area contributed by atoms with Crippen LogP contribution in [0.3, 0.4) is 0 Å². The van der Waals surface area contributed by atoms with Crippen molar-refractivity contribution in [3.63, 3.8) is 0 Å². The van der Waals surface area contributed by atoms with Crippen molar-refractivity contribution >= 4 is 11.8 Å². The lowest BCUT2D eigenvalue weighted by molar-refractivity contribution is 0.265. The van der Waals surface area contributed by atoms with Crippen LogP contribution in [0.15, 0.2) is 5.16 Å². The molecule has 0 aromatic carbocycles. The Balaban J connectivity index is 2.38. The van der Waals surface area contributed by atoms with Crippen LogP contribution in [0, 0.1) is 6.92 Å². The lowest BCUT2D eigenvalue weighted by Gasteiger charge is -2.06. The molecule has 4 nitrogen and oxygen atoms in total. The predicted octanol–water partition coefficient (Wildman–Crippen LogP) is 0.289. The van der Waals surface area contributed by atoms with Crippen LogP contribution >= 0.6 is 11.8 Å². The molecule has 1 unspecified atom stereocenters. The zero-order valence-electron chi connectivity index (χ0n) is 7.53. The molecule has 1 aromatic heterocycles. The van der Waals surface area contributed by atoms with Gasteiger partial charge in [-0.2, -0.15) is 0 Å². The van der Waals surface area contributed by atoms with Crippen LogP contribution < -0.4 is 5.73 Å². The van der Waals surface area contributed by atoms with E-state index in [1.807, 2.05) is 6.92 Å². The molecule has 72 valence electrons. The van der Waals surface area contributed by atoms with E-state index in [9.17, 15) is 0 Å². The summed E-state index contributed by atoms with van der Waals surface area (Å²) in [6.07, 6.45) is 0. The average molecular weight is 199 g/mol. The molecule has 5 heteroatoms. The van der Waals surface area contributed by atoms with Crippen molar-refractivity contribution in [2.75, 3.05) is 12.4 Å². The Morgan fingerprint density at radius 2 is 2.54 bits per heavy atom. The summed E-state index contributed by atoms with van der Waals surface area (Å²) < 4.78 is 2.16. The van der Waals surface area contributed by atoms with E-state index in [1.165, 1.54) is 0 Å². The first-order chi connectivity index (χ1) is 6.24. The molecule has 0 spiro atoms. The fourth-order valence-corrected chi connectivity index (χ4v) is 2.57. The molecule has 1 aliphatic heterocycles. The van der Waals surface area contributed by atoms with E-state index in [0.717, 1.165) is 28.8 Å². The number of hydrogen-bond donors (Lipinski definition) is 2. The van der Waals surface area contributed by atoms with Gasteiger partial charge in [-0.3, -0.25) is 0 Å². The zero-order valence-corrected chi connectivity index (χ0v) is 8.34. The highest BCUT2D eigenvalue weighted by atomic mass is 32.2. The molecule has 0 fully saturated rings. The molecule has 0 aliphatic carbocycles. The van der Waals surface area contributed by atoms with Crippen LogP contribution in [0.1, 0.15) is 17.4 Å². The van der Waals surface area contributed by atoms with Gasteiger partial charge in [-0.05, 0) is 6.92 Å². The maximum Gasteiger partial charge on any atom is 0.168 e. The molecule has 0 saturated carbocycles. The average Bonchev–Trinajstić information content (AvgIpc) is 2.68. The SMILES string of the molecule is Cc1c(C(N)CO)nc2n1CCS2. The van der Waals surface area contributed by atoms with E-state index in [1.54, 1.807) is 11.8 Å². The number of imidazole rings is 1. The molecule has 0 amide bonds. The Morgan fingerprint density at radius 1 is 1.77 bits per heavy atom. The summed E-state index contributed by atoms with van der Waals surface area (Å²) in [5.41, 5.74) is 7.66. The summed E-state index contributed by atoms with van der Waals surface area (Å²) in [7, 11) is 0. The standard InChI is InChI=1S/C8H13N3OS/c1-5-7(6(9)4-12)10-8-11(5)2-3-13-8/h6,12H,2-4,9H2,1H3. The third-order valence-electron chi connectivity index (χ3n) is 2.32. The largest absolute Gasteiger partial charge is 0.394 e. The molecule has 13 heavy (non-hydrogen) atoms. The summed E-state index contributed by atoms with van der Waals surface area (Å²) in [6, 6.07) is -0.335. The van der Waals surface area contributed by atoms with E-state index in [0.29, 0.717) is 0 Å². The highest BCUT2D eigenvalue weighted by Gasteiger charge is 2.21. The van der Waals surface area contributed by atoms with Crippen molar-refractivity contribution in [2.45, 2.75) is 24.7 Å². The first-order valence-electron chi connectivity index (χ1n) is 4.30. The molecule has 2 rings (SSSR count). The summed E-state index contributed by atoms with van der Waals surface area (Å²) in [6.45, 7) is 2.98. The van der Waals surface area contributed by atoms with Crippen LogP contribution in [0.5, 0.6) is 0 Å². The van der Waals surface area contributed by atoms with Gasteiger partial charge in [0.1, 0.15) is 0 Å². The van der Waals surface area contributed by atoms with Crippen LogP contribution in [0.25, 0.3) is 0 Å². The van der Waals surface area contributed by atoms with Gasteiger partial charge in [-0.25, -0.2) is 4.98 Å². The minimum absolute atomic E-state index is 0.0397. The number of aliphatic hydroxyl groups is 1. The Bertz CT molecular complexity index is 323. The third kappa shape index (κ3) is 1.37. The van der Waals surface area contributed by atoms with Crippen molar-refractivity contribution in [1.82, 2.24) is 9.55 Å². The van der Waals surface area contributed by atoms with Crippen LogP contribution in [-0.2, 0) is 6.54 Å². The van der Waals surface area contributed by atoms with E-state index < -0.39 is 0 Å². The van der Waals surface area contributed by atoms with Gasteiger partial charge in [0.15, 0.2) is 5.16 Å². The molecule has 3 N–H and O–H groups in total. The van der Waals surface area contributed by atoms with Crippen LogP contribution in [0.4, 0.5) is 0 Å². The normalized spacial score (nSPS) is 17.5. The number of thioether (sulfide) groups is 1. The molecular weight excluding hydrogens is 186 g/mol. The van der Waals surface area contributed by atoms with Gasteiger partial charge in [-0.1, -0.05) is 11.8 Å². The van der Waals surface area contributed by atoms with Gasteiger partial charge in [0.2, 0.25) is 0 Å². The number of hydrogen-bond acceptors (Lipinski definition) is 4. The van der Waals surface area contributed by atoms with Gasteiger partial charge < -0.3 is 15.4 Å². The summed E-state index contributed by atoms with van der Waals surface area (Å²) in [5, 5.41) is 9.96. The van der Waals surface area contributed by atoms with Crippen molar-refractivity contribution in [2.24, 2.45) is 5.73 Å². The third-order valence-corrected chi connectivity index (χ3v) is 3.27. The Kier molecular flexibility index (Phi) is 2.31. The monoisotopic (exact) mass is 199 g/mol. The van der Waals surface area contributed by atoms with Crippen molar-refractivity contribution in [3.8, 4) is 0 Å². The van der Waals surface area contributed by atoms with Gasteiger partial charge in [-0.15, -0.1) is 0 Å². The maximum atomic E-state index is 8.92. The molecule has 2 heterocycles. The molecule has 0 radical (unpaired) electrons. The Morgan fingerprint density at radius 3 is 3.15 bits per heavy atom. The van der Waals surface area contributed by atoms with Gasteiger partial charge >= 0.3 is 0 Å². The molecule has 0 bridgehead atoms. The second-order valence-electron chi connectivity index (χ2n) is 3.15. The van der Waals surface area contributed by atoms with Crippen molar-refractivity contribution in [3.05, 3.63) is 11.4 Å². The number of aliphatic hydroxyl groups excluding tert-OH is 1. The molecule has 1 aliphatic rings. The molecule has 1 aromatic rings. The Hall–Kier alpha value is -0.520. The fourth-order valence-electron chi connectivity index (χ4n) is 1.57. The Labute approximate surface area is 81.1 Å². The summed E-state index contributed by atoms with van der Waals surface area (Å²) in [4.78, 5) is 4.40. The number of rotatable bonds is 2. The highest BCUT2D eigenvalue weighted by molar-refractivity contribution is 7.99. The van der Waals surface area contributed by atoms with Gasteiger partial charge in [0.25, 0.3) is 0 Å². The predicted molar refractivity (Wildman–Crippen MR) is 51.7 cm³/mol. The van der Waals surface area contributed by atoms with Gasteiger partial charge in [0.05, 0.1) is 18.3 Å². The van der Waals surface area contributed by atoms with Crippen LogP contribution in [-0.4, -0.2) is 27.0 Å². The number of nitrogens with zero attached hydrogens (tertiary/aromatic N) is 2. The number of fused-ring (bicyclic) bond motifs is 1. The smallest absolute Gasteiger partial charge is 0.168 e. The van der Waals surface area contributed by atoms with Crippen molar-refractivity contribution in [1.29, 1.82) is 0 Å². The summed E-state index contributed by atoms with van der Waals surface area (Å²) >= 11 is 1.75. The topological polar surface area (TPSA) is 64.1 Å². The first kappa shape index (κ1) is 9.05. The van der Waals surface area contributed by atoms with E-state index >= 15 is 0 Å². The van der Waals surface area contributed by atoms with Gasteiger partial charge in [0, 0.05) is 18.0 Å². The number of aromatic nitrogens is 2. The maximum absolute atomic E-state index is 8.92. The first-order valence-corrected chi connectivity index (χ1v) is 5.29. The van der Waals surface area contributed by atoms with E-state index in [2.05, 4.69) is 9.55 Å². The minimum atomic E-state index is -0.335. The molecule has 1 atom stereocenters. The summed E-state index contributed by atoms with van der Waals surface area (Å²) in [5.74, 6) is 1.10. The van der Waals surface area contributed by atoms with Crippen LogP contribution in [0.2, 0.25) is 0 Å². The second-order valence-corrected chi connectivity index (χ2v) is 4.22. The van der Waals surface area contributed by atoms with E-state index in [-0.39, 0.29) is 12.6 Å². The number of nitrogens with two attached hydrogens (primary N) is 1. The van der Waals surface area contributed by atoms with Crippen molar-refractivity contribution < 1.29 is 5.11 Å². The minimum Gasteiger partial charge on any atom is -0.394 e. The molecular formula is C8H13N3OS. The fraction of sp³-hybridized carbons (Fsp3) is 0.625. The second kappa shape index (κ2) is 3.32. The van der Waals surface area contributed by atoms with E-state index in [4.69, 9.17) is 10.8 Å². The quantitative estimate of drug-likeness (QED) is 0.718. The lowest BCUT2D eigenvalue weighted by Crippen LogP contribution is -2.16.